The van der Waals surface area contributed by atoms with E-state index < -0.39 is 0 Å². The Hall–Kier alpha value is -2.12. The summed E-state index contributed by atoms with van der Waals surface area (Å²) in [6, 6.07) is 19.0. The van der Waals surface area contributed by atoms with Gasteiger partial charge in [-0.15, -0.1) is 0 Å². The molecular formula is C40H58O. The number of rotatable bonds is 12. The van der Waals surface area contributed by atoms with Crippen molar-refractivity contribution < 1.29 is 4.74 Å². The predicted octanol–water partition coefficient (Wildman–Crippen LogP) is 11.2. The summed E-state index contributed by atoms with van der Waals surface area (Å²) in [5.41, 5.74) is 9.01. The first-order chi connectivity index (χ1) is 19.6. The van der Waals surface area contributed by atoms with E-state index in [9.17, 15) is 0 Å². The van der Waals surface area contributed by atoms with Gasteiger partial charge in [0.25, 0.3) is 0 Å². The van der Waals surface area contributed by atoms with E-state index >= 15 is 0 Å². The molecular weight excluding hydrogens is 496 g/mol. The lowest BCUT2D eigenvalue weighted by molar-refractivity contribution is -0.0228. The third-order valence-corrected chi connectivity index (χ3v) is 9.32. The topological polar surface area (TPSA) is 9.23 Å². The highest BCUT2D eigenvalue weighted by atomic mass is 16.5. The zero-order valence-electron chi connectivity index (χ0n) is 27.5. The van der Waals surface area contributed by atoms with Crippen molar-refractivity contribution in [3.63, 3.8) is 0 Å². The molecule has 0 heterocycles. The molecule has 0 aromatic heterocycles. The fraction of sp³-hybridized carbons (Fsp3) is 0.600. The van der Waals surface area contributed by atoms with Crippen molar-refractivity contribution in [2.24, 2.45) is 23.7 Å². The Morgan fingerprint density at radius 2 is 0.927 bits per heavy atom. The van der Waals surface area contributed by atoms with Gasteiger partial charge in [-0.3, -0.25) is 0 Å². The highest BCUT2D eigenvalue weighted by Gasteiger charge is 2.31. The summed E-state index contributed by atoms with van der Waals surface area (Å²) in [6.07, 6.45) is 14.9. The van der Waals surface area contributed by atoms with Crippen LogP contribution < -0.4 is 0 Å². The van der Waals surface area contributed by atoms with E-state index in [1.54, 1.807) is 0 Å². The van der Waals surface area contributed by atoms with Crippen LogP contribution in [0.3, 0.4) is 0 Å². The fourth-order valence-electron chi connectivity index (χ4n) is 7.13. The molecule has 0 spiro atoms. The Bertz CT molecular complexity index is 1040. The standard InChI is InChI=1S/C40H58O/c1-27(2)25-31-9-13-33(14-10-31)35-17-21-37(22-18-35)39(29(5)6)41-40(30(7)8)38-23-19-36(20-24-38)34-15-11-32(12-16-34)26-28(3)4/h9-16,21,23,27-30,35-36,39-40H,17-20,22,24-26H2,1-8H3. The van der Waals surface area contributed by atoms with Gasteiger partial charge in [0.15, 0.2) is 0 Å². The molecule has 2 aliphatic rings. The Kier molecular flexibility index (Phi) is 11.5. The van der Waals surface area contributed by atoms with E-state index in [0.717, 1.165) is 25.7 Å². The van der Waals surface area contributed by atoms with Crippen LogP contribution in [0.5, 0.6) is 0 Å². The molecule has 0 aliphatic heterocycles. The van der Waals surface area contributed by atoms with Crippen molar-refractivity contribution in [3.05, 3.63) is 94.1 Å². The minimum Gasteiger partial charge on any atom is -0.366 e. The molecule has 4 rings (SSSR count). The Morgan fingerprint density at radius 3 is 1.20 bits per heavy atom. The number of benzene rings is 2. The third-order valence-electron chi connectivity index (χ3n) is 9.32. The lowest BCUT2D eigenvalue weighted by Gasteiger charge is -2.36. The van der Waals surface area contributed by atoms with Crippen LogP contribution in [0.25, 0.3) is 0 Å². The molecule has 0 bridgehead atoms. The molecule has 2 aromatic carbocycles. The zero-order valence-corrected chi connectivity index (χ0v) is 27.5. The minimum atomic E-state index is 0.212. The number of ether oxygens (including phenoxy) is 1. The molecule has 4 unspecified atom stereocenters. The van der Waals surface area contributed by atoms with Gasteiger partial charge in [0.2, 0.25) is 0 Å². The van der Waals surface area contributed by atoms with Crippen LogP contribution >= 0.6 is 0 Å². The molecule has 224 valence electrons. The second-order valence-electron chi connectivity index (χ2n) is 14.6. The third kappa shape index (κ3) is 8.93. The van der Waals surface area contributed by atoms with Crippen molar-refractivity contribution in [3.8, 4) is 0 Å². The van der Waals surface area contributed by atoms with Gasteiger partial charge in [0, 0.05) is 0 Å². The average Bonchev–Trinajstić information content (AvgIpc) is 2.94. The predicted molar refractivity (Wildman–Crippen MR) is 178 cm³/mol. The van der Waals surface area contributed by atoms with Crippen LogP contribution in [0.15, 0.2) is 71.8 Å². The molecule has 2 aromatic rings. The fourth-order valence-corrected chi connectivity index (χ4v) is 7.13. The second-order valence-corrected chi connectivity index (χ2v) is 14.6. The van der Waals surface area contributed by atoms with Crippen molar-refractivity contribution in [2.45, 2.75) is 131 Å². The lowest BCUT2D eigenvalue weighted by Crippen LogP contribution is -2.34. The Labute approximate surface area is 252 Å². The normalized spacial score (nSPS) is 21.4. The van der Waals surface area contributed by atoms with Gasteiger partial charge >= 0.3 is 0 Å². The summed E-state index contributed by atoms with van der Waals surface area (Å²) in [5.74, 6) is 3.66. The molecule has 41 heavy (non-hydrogen) atoms. The summed E-state index contributed by atoms with van der Waals surface area (Å²) in [5, 5.41) is 0. The molecule has 0 radical (unpaired) electrons. The molecule has 0 fully saturated rings. The van der Waals surface area contributed by atoms with Gasteiger partial charge in [-0.05, 0) is 120 Å². The molecule has 0 amide bonds. The molecule has 1 nitrogen and oxygen atoms in total. The van der Waals surface area contributed by atoms with Crippen LogP contribution in [0.1, 0.15) is 128 Å². The summed E-state index contributed by atoms with van der Waals surface area (Å²) in [6.45, 7) is 18.6. The summed E-state index contributed by atoms with van der Waals surface area (Å²) in [7, 11) is 0. The van der Waals surface area contributed by atoms with Crippen LogP contribution in [-0.2, 0) is 17.6 Å². The number of hydrogen-bond donors (Lipinski definition) is 0. The van der Waals surface area contributed by atoms with E-state index in [1.807, 2.05) is 0 Å². The monoisotopic (exact) mass is 554 g/mol. The first kappa shape index (κ1) is 31.8. The van der Waals surface area contributed by atoms with Crippen LogP contribution in [0.4, 0.5) is 0 Å². The van der Waals surface area contributed by atoms with Crippen LogP contribution in [0, 0.1) is 23.7 Å². The van der Waals surface area contributed by atoms with E-state index in [4.69, 9.17) is 4.74 Å². The van der Waals surface area contributed by atoms with E-state index in [2.05, 4.69) is 116 Å². The van der Waals surface area contributed by atoms with E-state index in [0.29, 0.717) is 35.5 Å². The molecule has 0 N–H and O–H groups in total. The average molecular weight is 555 g/mol. The van der Waals surface area contributed by atoms with Gasteiger partial charge in [-0.25, -0.2) is 0 Å². The Balaban J connectivity index is 1.39. The number of hydrogen-bond acceptors (Lipinski definition) is 1. The van der Waals surface area contributed by atoms with Crippen molar-refractivity contribution in [1.29, 1.82) is 0 Å². The van der Waals surface area contributed by atoms with E-state index in [1.165, 1.54) is 59.1 Å². The molecule has 4 atom stereocenters. The maximum Gasteiger partial charge on any atom is 0.0816 e. The van der Waals surface area contributed by atoms with Gasteiger partial charge in [-0.1, -0.05) is 116 Å². The maximum atomic E-state index is 7.10. The highest BCUT2D eigenvalue weighted by Crippen LogP contribution is 2.39. The SMILES string of the molecule is CC(C)Cc1ccc(C2CC=C(C(OC(C3=CCC(c4ccc(CC(C)C)cc4)CC3)C(C)C)C(C)C)CC2)cc1. The van der Waals surface area contributed by atoms with Gasteiger partial charge < -0.3 is 4.74 Å². The van der Waals surface area contributed by atoms with Crippen LogP contribution in [0.2, 0.25) is 0 Å². The van der Waals surface area contributed by atoms with Crippen molar-refractivity contribution in [1.82, 2.24) is 0 Å². The maximum absolute atomic E-state index is 7.10. The highest BCUT2D eigenvalue weighted by molar-refractivity contribution is 5.30. The molecule has 2 aliphatic carbocycles. The van der Waals surface area contributed by atoms with Crippen molar-refractivity contribution >= 4 is 0 Å². The largest absolute Gasteiger partial charge is 0.366 e. The quantitative estimate of drug-likeness (QED) is 0.237. The first-order valence-corrected chi connectivity index (χ1v) is 16.8. The summed E-state index contributed by atoms with van der Waals surface area (Å²) in [4.78, 5) is 0. The minimum absolute atomic E-state index is 0.212. The van der Waals surface area contributed by atoms with E-state index in [-0.39, 0.29) is 12.2 Å². The van der Waals surface area contributed by atoms with Crippen LogP contribution in [-0.4, -0.2) is 12.2 Å². The molecule has 0 saturated heterocycles. The molecule has 0 saturated carbocycles. The van der Waals surface area contributed by atoms with Crippen molar-refractivity contribution in [2.75, 3.05) is 0 Å². The van der Waals surface area contributed by atoms with Gasteiger partial charge in [0.05, 0.1) is 12.2 Å². The summed E-state index contributed by atoms with van der Waals surface area (Å²) < 4.78 is 7.10. The smallest absolute Gasteiger partial charge is 0.0816 e. The van der Waals surface area contributed by atoms with Gasteiger partial charge in [0.1, 0.15) is 0 Å². The molecule has 1 heteroatoms. The lowest BCUT2D eigenvalue weighted by atomic mass is 9.80. The summed E-state index contributed by atoms with van der Waals surface area (Å²) >= 11 is 0. The Morgan fingerprint density at radius 1 is 0.561 bits per heavy atom. The van der Waals surface area contributed by atoms with Gasteiger partial charge in [-0.2, -0.15) is 0 Å². The second kappa shape index (κ2) is 14.9. The first-order valence-electron chi connectivity index (χ1n) is 16.8. The number of allylic oxidation sites excluding steroid dienone is 2. The zero-order chi connectivity index (χ0) is 29.5.